The second-order valence-corrected chi connectivity index (χ2v) is 2.81. The van der Waals surface area contributed by atoms with Gasteiger partial charge in [0.15, 0.2) is 0 Å². The number of rotatable bonds is 0. The van der Waals surface area contributed by atoms with Gasteiger partial charge in [-0.15, -0.1) is 12.8 Å². The molecule has 0 atom stereocenters. The van der Waals surface area contributed by atoms with Crippen molar-refractivity contribution in [1.82, 2.24) is 0 Å². The van der Waals surface area contributed by atoms with Crippen molar-refractivity contribution in [3.8, 4) is 12.8 Å². The van der Waals surface area contributed by atoms with Gasteiger partial charge in [-0.05, 0) is 0 Å². The van der Waals surface area contributed by atoms with Crippen LogP contribution in [-0.4, -0.2) is 10.2 Å². The van der Waals surface area contributed by atoms with Gasteiger partial charge in [0.25, 0.3) is 0 Å². The Morgan fingerprint density at radius 3 is 1.67 bits per heavy atom. The van der Waals surface area contributed by atoms with Crippen LogP contribution in [0.15, 0.2) is 30.3 Å². The number of hydrogen-bond donors (Lipinski definition) is 0. The van der Waals surface area contributed by atoms with E-state index in [0.29, 0.717) is 0 Å². The minimum atomic E-state index is 1.17. The van der Waals surface area contributed by atoms with Crippen molar-refractivity contribution in [3.63, 3.8) is 0 Å². The summed E-state index contributed by atoms with van der Waals surface area (Å²) in [7, 11) is 1.17. The minimum Gasteiger partial charge on any atom is -0.124 e. The third kappa shape index (κ3) is 3.57. The van der Waals surface area contributed by atoms with Crippen molar-refractivity contribution in [3.05, 3.63) is 30.3 Å². The SMILES string of the molecule is C#C.[SiH3]c1ccccc1. The summed E-state index contributed by atoms with van der Waals surface area (Å²) in [6, 6.07) is 10.5. The van der Waals surface area contributed by atoms with Gasteiger partial charge in [0.1, 0.15) is 0 Å². The Bertz CT molecular complexity index is 164. The van der Waals surface area contributed by atoms with Gasteiger partial charge in [0, 0.05) is 10.2 Å². The largest absolute Gasteiger partial charge is 0.124 e. The Labute approximate surface area is 59.3 Å². The van der Waals surface area contributed by atoms with E-state index >= 15 is 0 Å². The first-order valence-electron chi connectivity index (χ1n) is 2.74. The smallest absolute Gasteiger partial charge is 0.0384 e. The lowest BCUT2D eigenvalue weighted by Gasteiger charge is -1.82. The third-order valence-corrected chi connectivity index (χ3v) is 1.61. The fraction of sp³-hybridized carbons (Fsp3) is 0. The van der Waals surface area contributed by atoms with Crippen LogP contribution in [0, 0.1) is 12.8 Å². The van der Waals surface area contributed by atoms with E-state index < -0.39 is 0 Å². The van der Waals surface area contributed by atoms with Crippen molar-refractivity contribution in [2.45, 2.75) is 0 Å². The molecule has 0 nitrogen and oxygen atoms in total. The fourth-order valence-electron chi connectivity index (χ4n) is 0.534. The zero-order chi connectivity index (χ0) is 7.11. The summed E-state index contributed by atoms with van der Waals surface area (Å²) in [5.41, 5.74) is 0. The maximum Gasteiger partial charge on any atom is 0.0384 e. The molecular formula is C8H10Si. The first-order chi connectivity index (χ1) is 4.39. The topological polar surface area (TPSA) is 0 Å². The summed E-state index contributed by atoms with van der Waals surface area (Å²) >= 11 is 0. The molecule has 0 unspecified atom stereocenters. The van der Waals surface area contributed by atoms with Crippen LogP contribution in [0.5, 0.6) is 0 Å². The van der Waals surface area contributed by atoms with Gasteiger partial charge >= 0.3 is 0 Å². The molecule has 1 heteroatoms. The van der Waals surface area contributed by atoms with Crippen LogP contribution >= 0.6 is 0 Å². The molecule has 0 amide bonds. The summed E-state index contributed by atoms with van der Waals surface area (Å²) in [5.74, 6) is 0. The van der Waals surface area contributed by atoms with Crippen LogP contribution < -0.4 is 5.19 Å². The molecule has 9 heavy (non-hydrogen) atoms. The average Bonchev–Trinajstić information content (AvgIpc) is 1.94. The lowest BCUT2D eigenvalue weighted by molar-refractivity contribution is 1.78. The van der Waals surface area contributed by atoms with E-state index in [0.717, 1.165) is 0 Å². The highest BCUT2D eigenvalue weighted by Gasteiger charge is 1.72. The van der Waals surface area contributed by atoms with E-state index in [2.05, 4.69) is 37.1 Å². The molecule has 1 rings (SSSR count). The van der Waals surface area contributed by atoms with Gasteiger partial charge in [-0.1, -0.05) is 35.5 Å². The second kappa shape index (κ2) is 5.14. The second-order valence-electron chi connectivity index (χ2n) is 1.65. The Morgan fingerprint density at radius 1 is 1.00 bits per heavy atom. The van der Waals surface area contributed by atoms with E-state index in [1.165, 1.54) is 15.4 Å². The van der Waals surface area contributed by atoms with Gasteiger partial charge in [-0.25, -0.2) is 0 Å². The minimum absolute atomic E-state index is 1.17. The Hall–Kier alpha value is -1.00. The van der Waals surface area contributed by atoms with E-state index in [-0.39, 0.29) is 0 Å². The molecule has 0 bridgehead atoms. The van der Waals surface area contributed by atoms with E-state index in [9.17, 15) is 0 Å². The zero-order valence-corrected chi connectivity index (χ0v) is 7.54. The molecule has 1 aromatic carbocycles. The molecule has 0 N–H and O–H groups in total. The molecular weight excluding hydrogens is 124 g/mol. The standard InChI is InChI=1S/C6H8Si.C2H2/c7-6-4-2-1-3-5-6;1-2/h1-5H,7H3;1-2H. The summed E-state index contributed by atoms with van der Waals surface area (Å²) in [6.07, 6.45) is 8.00. The highest BCUT2D eigenvalue weighted by molar-refractivity contribution is 6.32. The predicted molar refractivity (Wildman–Crippen MR) is 45.9 cm³/mol. The molecule has 0 heterocycles. The lowest BCUT2D eigenvalue weighted by Crippen LogP contribution is -1.97. The van der Waals surface area contributed by atoms with Crippen LogP contribution in [0.1, 0.15) is 0 Å². The van der Waals surface area contributed by atoms with Gasteiger partial charge in [0.05, 0.1) is 0 Å². The predicted octanol–water partition coefficient (Wildman–Crippen LogP) is -0.0733. The van der Waals surface area contributed by atoms with Gasteiger partial charge in [-0.3, -0.25) is 0 Å². The summed E-state index contributed by atoms with van der Waals surface area (Å²) in [6.45, 7) is 0. The molecule has 1 aromatic rings. The maximum atomic E-state index is 4.00. The summed E-state index contributed by atoms with van der Waals surface area (Å²) in [4.78, 5) is 0. The van der Waals surface area contributed by atoms with Gasteiger partial charge in [0.2, 0.25) is 0 Å². The Morgan fingerprint density at radius 2 is 1.44 bits per heavy atom. The van der Waals surface area contributed by atoms with E-state index in [1.54, 1.807) is 0 Å². The highest BCUT2D eigenvalue weighted by atomic mass is 28.1. The monoisotopic (exact) mass is 134 g/mol. The number of terminal acetylenes is 1. The van der Waals surface area contributed by atoms with Gasteiger partial charge in [-0.2, -0.15) is 0 Å². The molecule has 0 radical (unpaired) electrons. The van der Waals surface area contributed by atoms with Crippen LogP contribution in [-0.2, 0) is 0 Å². The van der Waals surface area contributed by atoms with E-state index in [4.69, 9.17) is 0 Å². The van der Waals surface area contributed by atoms with Crippen LogP contribution in [0.25, 0.3) is 0 Å². The quantitative estimate of drug-likeness (QED) is 0.344. The molecule has 0 aliphatic carbocycles. The van der Waals surface area contributed by atoms with Crippen LogP contribution in [0.4, 0.5) is 0 Å². The lowest BCUT2D eigenvalue weighted by atomic mass is 10.4. The molecule has 0 saturated heterocycles. The van der Waals surface area contributed by atoms with Crippen molar-refractivity contribution in [2.75, 3.05) is 0 Å². The molecule has 46 valence electrons. The van der Waals surface area contributed by atoms with Gasteiger partial charge < -0.3 is 0 Å². The van der Waals surface area contributed by atoms with Crippen molar-refractivity contribution in [1.29, 1.82) is 0 Å². The van der Waals surface area contributed by atoms with Crippen LogP contribution in [0.2, 0.25) is 0 Å². The van der Waals surface area contributed by atoms with Crippen molar-refractivity contribution >= 4 is 15.4 Å². The summed E-state index contributed by atoms with van der Waals surface area (Å²) < 4.78 is 0. The molecule has 0 aliphatic rings. The number of benzene rings is 1. The van der Waals surface area contributed by atoms with Crippen molar-refractivity contribution in [2.24, 2.45) is 0 Å². The molecule has 0 saturated carbocycles. The van der Waals surface area contributed by atoms with E-state index in [1.807, 2.05) is 6.07 Å². The first kappa shape index (κ1) is 8.00. The summed E-state index contributed by atoms with van der Waals surface area (Å²) in [5, 5.41) is 1.46. The number of hydrogen-bond acceptors (Lipinski definition) is 0. The fourth-order valence-corrected chi connectivity index (χ4v) is 0.919. The van der Waals surface area contributed by atoms with Crippen LogP contribution in [0.3, 0.4) is 0 Å². The average molecular weight is 134 g/mol. The Kier molecular flexibility index (Phi) is 4.57. The zero-order valence-electron chi connectivity index (χ0n) is 5.54. The third-order valence-electron chi connectivity index (χ3n) is 0.940. The Balaban J connectivity index is 0.000000291. The maximum absolute atomic E-state index is 4.00. The highest BCUT2D eigenvalue weighted by Crippen LogP contribution is 1.76. The first-order valence-corrected chi connectivity index (χ1v) is 3.74. The molecule has 0 aromatic heterocycles. The molecule has 0 aliphatic heterocycles. The normalized spacial score (nSPS) is 7.33. The molecule has 0 fully saturated rings. The van der Waals surface area contributed by atoms with Crippen molar-refractivity contribution < 1.29 is 0 Å². The molecule has 0 spiro atoms.